The molecule has 106 valence electrons. The molecule has 1 atom stereocenters. The standard InChI is InChI=1S/C17H23N3/c1-11-17(12(2)20(4)19-11)16-7-5-6-13-10-14(18-3)8-9-15(13)16/h5-7,14,18H,8-10H2,1-4H3. The van der Waals surface area contributed by atoms with E-state index in [1.807, 2.05) is 11.7 Å². The molecular weight excluding hydrogens is 246 g/mol. The summed E-state index contributed by atoms with van der Waals surface area (Å²) in [6.07, 6.45) is 3.52. The number of nitrogens with zero attached hydrogens (tertiary/aromatic N) is 2. The lowest BCUT2D eigenvalue weighted by Gasteiger charge is -2.26. The molecule has 3 heteroatoms. The molecule has 0 spiro atoms. The molecule has 20 heavy (non-hydrogen) atoms. The minimum Gasteiger partial charge on any atom is -0.317 e. The maximum Gasteiger partial charge on any atom is 0.0674 e. The van der Waals surface area contributed by atoms with E-state index in [1.165, 1.54) is 34.4 Å². The number of aromatic nitrogens is 2. The van der Waals surface area contributed by atoms with Crippen LogP contribution in [0.4, 0.5) is 0 Å². The number of rotatable bonds is 2. The van der Waals surface area contributed by atoms with Crippen molar-refractivity contribution in [3.05, 3.63) is 40.7 Å². The van der Waals surface area contributed by atoms with E-state index in [4.69, 9.17) is 0 Å². The highest BCUT2D eigenvalue weighted by molar-refractivity contribution is 5.73. The summed E-state index contributed by atoms with van der Waals surface area (Å²) < 4.78 is 1.99. The van der Waals surface area contributed by atoms with Crippen LogP contribution in [0, 0.1) is 13.8 Å². The van der Waals surface area contributed by atoms with E-state index in [1.54, 1.807) is 0 Å². The van der Waals surface area contributed by atoms with Crippen LogP contribution in [0.2, 0.25) is 0 Å². The molecule has 0 radical (unpaired) electrons. The third-order valence-corrected chi connectivity index (χ3v) is 4.67. The summed E-state index contributed by atoms with van der Waals surface area (Å²) in [6, 6.07) is 7.35. The van der Waals surface area contributed by atoms with Gasteiger partial charge in [0.1, 0.15) is 0 Å². The summed E-state index contributed by atoms with van der Waals surface area (Å²) in [5.74, 6) is 0. The second kappa shape index (κ2) is 5.06. The normalized spacial score (nSPS) is 18.1. The Hall–Kier alpha value is -1.61. The summed E-state index contributed by atoms with van der Waals surface area (Å²) in [4.78, 5) is 0. The van der Waals surface area contributed by atoms with Gasteiger partial charge in [-0.05, 0) is 56.8 Å². The zero-order valence-corrected chi connectivity index (χ0v) is 12.8. The Labute approximate surface area is 121 Å². The molecule has 1 unspecified atom stereocenters. The lowest BCUT2D eigenvalue weighted by molar-refractivity contribution is 0.497. The average molecular weight is 269 g/mol. The Morgan fingerprint density at radius 1 is 1.30 bits per heavy atom. The molecule has 3 nitrogen and oxygen atoms in total. The van der Waals surface area contributed by atoms with Gasteiger partial charge in [0.25, 0.3) is 0 Å². The molecule has 1 N–H and O–H groups in total. The quantitative estimate of drug-likeness (QED) is 0.908. The summed E-state index contributed by atoms with van der Waals surface area (Å²) in [5.41, 5.74) is 8.13. The Bertz CT molecular complexity index is 640. The fourth-order valence-electron chi connectivity index (χ4n) is 3.45. The molecule has 0 aliphatic heterocycles. The van der Waals surface area contributed by atoms with Crippen LogP contribution in [-0.2, 0) is 19.9 Å². The van der Waals surface area contributed by atoms with E-state index in [0.29, 0.717) is 6.04 Å². The summed E-state index contributed by atoms with van der Waals surface area (Å²) in [6.45, 7) is 4.27. The third-order valence-electron chi connectivity index (χ3n) is 4.67. The highest BCUT2D eigenvalue weighted by Crippen LogP contribution is 2.34. The summed E-state index contributed by atoms with van der Waals surface area (Å²) in [5, 5.41) is 7.99. The van der Waals surface area contributed by atoms with E-state index < -0.39 is 0 Å². The molecule has 2 aromatic rings. The molecule has 0 saturated carbocycles. The van der Waals surface area contributed by atoms with Gasteiger partial charge in [-0.1, -0.05) is 18.2 Å². The number of aryl methyl sites for hydroxylation is 2. The predicted molar refractivity (Wildman–Crippen MR) is 83.0 cm³/mol. The van der Waals surface area contributed by atoms with Crippen molar-refractivity contribution in [1.29, 1.82) is 0 Å². The van der Waals surface area contributed by atoms with Crippen LogP contribution in [0.1, 0.15) is 28.9 Å². The van der Waals surface area contributed by atoms with Crippen LogP contribution in [0.25, 0.3) is 11.1 Å². The van der Waals surface area contributed by atoms with Crippen molar-refractivity contribution in [3.63, 3.8) is 0 Å². The second-order valence-electron chi connectivity index (χ2n) is 5.84. The van der Waals surface area contributed by atoms with Gasteiger partial charge in [-0.25, -0.2) is 0 Å². The molecule has 1 aliphatic carbocycles. The van der Waals surface area contributed by atoms with E-state index in [2.05, 4.69) is 49.5 Å². The van der Waals surface area contributed by atoms with Crippen molar-refractivity contribution in [2.24, 2.45) is 7.05 Å². The van der Waals surface area contributed by atoms with Crippen LogP contribution in [-0.4, -0.2) is 22.9 Å². The Morgan fingerprint density at radius 3 is 2.75 bits per heavy atom. The van der Waals surface area contributed by atoms with Gasteiger partial charge < -0.3 is 5.32 Å². The Balaban J connectivity index is 2.12. The van der Waals surface area contributed by atoms with E-state index in [9.17, 15) is 0 Å². The van der Waals surface area contributed by atoms with Gasteiger partial charge >= 0.3 is 0 Å². The number of nitrogens with one attached hydrogen (secondary N) is 1. The van der Waals surface area contributed by atoms with Gasteiger partial charge in [0.15, 0.2) is 0 Å². The molecule has 0 saturated heterocycles. The maximum absolute atomic E-state index is 4.57. The molecule has 0 bridgehead atoms. The van der Waals surface area contributed by atoms with Crippen molar-refractivity contribution in [2.75, 3.05) is 7.05 Å². The van der Waals surface area contributed by atoms with Crippen LogP contribution < -0.4 is 5.32 Å². The van der Waals surface area contributed by atoms with E-state index in [-0.39, 0.29) is 0 Å². The van der Waals surface area contributed by atoms with Gasteiger partial charge in [-0.3, -0.25) is 4.68 Å². The third kappa shape index (κ3) is 2.06. The average Bonchev–Trinajstić information content (AvgIpc) is 2.71. The SMILES string of the molecule is CNC1CCc2c(cccc2-c2c(C)nn(C)c2C)C1. The molecule has 0 amide bonds. The molecule has 3 rings (SSSR count). The minimum atomic E-state index is 0.619. The van der Waals surface area contributed by atoms with Crippen LogP contribution in [0.15, 0.2) is 18.2 Å². The zero-order valence-electron chi connectivity index (χ0n) is 12.8. The van der Waals surface area contributed by atoms with Gasteiger partial charge in [0.05, 0.1) is 5.69 Å². The highest BCUT2D eigenvalue weighted by Gasteiger charge is 2.22. The van der Waals surface area contributed by atoms with Crippen molar-refractivity contribution < 1.29 is 0 Å². The number of hydrogen-bond donors (Lipinski definition) is 1. The monoisotopic (exact) mass is 269 g/mol. The lowest BCUT2D eigenvalue weighted by atomic mass is 9.83. The molecule has 1 aromatic heterocycles. The number of likely N-dealkylation sites (N-methyl/N-ethyl adjacent to an activating group) is 1. The van der Waals surface area contributed by atoms with Crippen molar-refractivity contribution >= 4 is 0 Å². The molecule has 1 heterocycles. The second-order valence-corrected chi connectivity index (χ2v) is 5.84. The lowest BCUT2D eigenvalue weighted by Crippen LogP contribution is -2.31. The van der Waals surface area contributed by atoms with Crippen LogP contribution in [0.3, 0.4) is 0 Å². The molecule has 1 aliphatic rings. The first-order chi connectivity index (χ1) is 9.61. The van der Waals surface area contributed by atoms with Gasteiger partial charge in [-0.15, -0.1) is 0 Å². The Morgan fingerprint density at radius 2 is 2.10 bits per heavy atom. The topological polar surface area (TPSA) is 29.9 Å². The fourth-order valence-corrected chi connectivity index (χ4v) is 3.45. The smallest absolute Gasteiger partial charge is 0.0674 e. The first-order valence-electron chi connectivity index (χ1n) is 7.40. The largest absolute Gasteiger partial charge is 0.317 e. The van der Waals surface area contributed by atoms with Gasteiger partial charge in [0, 0.05) is 24.3 Å². The first kappa shape index (κ1) is 13.4. The van der Waals surface area contributed by atoms with Gasteiger partial charge in [0.2, 0.25) is 0 Å². The minimum absolute atomic E-state index is 0.619. The highest BCUT2D eigenvalue weighted by atomic mass is 15.3. The van der Waals surface area contributed by atoms with Crippen molar-refractivity contribution in [3.8, 4) is 11.1 Å². The fraction of sp³-hybridized carbons (Fsp3) is 0.471. The zero-order chi connectivity index (χ0) is 14.3. The Kier molecular flexibility index (Phi) is 3.38. The van der Waals surface area contributed by atoms with E-state index >= 15 is 0 Å². The number of fused-ring (bicyclic) bond motifs is 1. The summed E-state index contributed by atoms with van der Waals surface area (Å²) >= 11 is 0. The molecule has 1 aromatic carbocycles. The van der Waals surface area contributed by atoms with Crippen molar-refractivity contribution in [1.82, 2.24) is 15.1 Å². The van der Waals surface area contributed by atoms with Crippen molar-refractivity contribution in [2.45, 2.75) is 39.2 Å². The first-order valence-corrected chi connectivity index (χ1v) is 7.40. The molecular formula is C17H23N3. The number of benzene rings is 1. The predicted octanol–water partition coefficient (Wildman–Crippen LogP) is 2.78. The summed E-state index contributed by atoms with van der Waals surface area (Å²) in [7, 11) is 4.09. The molecule has 0 fully saturated rings. The van der Waals surface area contributed by atoms with Gasteiger partial charge in [-0.2, -0.15) is 5.10 Å². The van der Waals surface area contributed by atoms with Crippen LogP contribution in [0.5, 0.6) is 0 Å². The van der Waals surface area contributed by atoms with Crippen LogP contribution >= 0.6 is 0 Å². The number of hydrogen-bond acceptors (Lipinski definition) is 2. The maximum atomic E-state index is 4.57. The van der Waals surface area contributed by atoms with E-state index in [0.717, 1.165) is 18.5 Å².